The van der Waals surface area contributed by atoms with Gasteiger partial charge in [0.15, 0.2) is 0 Å². The number of aromatic nitrogens is 2. The maximum absolute atomic E-state index is 11.7. The molecule has 0 fully saturated rings. The second-order valence-electron chi connectivity index (χ2n) is 3.62. The van der Waals surface area contributed by atoms with Crippen molar-refractivity contribution in [3.05, 3.63) is 22.9 Å². The molecular weight excluding hydrogens is 180 g/mol. The molecule has 1 aromatic heterocycles. The van der Waals surface area contributed by atoms with E-state index in [2.05, 4.69) is 0 Å². The molecule has 0 aromatic carbocycles. The number of hydrogen-bond donors (Lipinski definition) is 0. The van der Waals surface area contributed by atoms with E-state index in [1.54, 1.807) is 16.2 Å². The lowest BCUT2D eigenvalue weighted by molar-refractivity contribution is 0.190. The fourth-order valence-corrected chi connectivity index (χ4v) is 1.37. The van der Waals surface area contributed by atoms with Crippen molar-refractivity contribution in [3.63, 3.8) is 0 Å². The first-order chi connectivity index (χ1) is 6.66. The zero-order chi connectivity index (χ0) is 10.6. The summed E-state index contributed by atoms with van der Waals surface area (Å²) in [6, 6.07) is 0.228. The van der Waals surface area contributed by atoms with Crippen molar-refractivity contribution in [1.82, 2.24) is 9.13 Å². The van der Waals surface area contributed by atoms with E-state index in [-0.39, 0.29) is 11.7 Å². The average Bonchev–Trinajstić information content (AvgIpc) is 2.48. The Kier molecular flexibility index (Phi) is 3.95. The largest absolute Gasteiger partial charge is 0.385 e. The molecular formula is C10H18N2O2. The molecule has 0 unspecified atom stereocenters. The first kappa shape index (κ1) is 11.0. The van der Waals surface area contributed by atoms with Crippen LogP contribution in [0, 0.1) is 0 Å². The highest BCUT2D eigenvalue weighted by Crippen LogP contribution is 1.99. The smallest absolute Gasteiger partial charge is 0.328 e. The molecule has 0 saturated carbocycles. The van der Waals surface area contributed by atoms with Gasteiger partial charge in [0, 0.05) is 38.7 Å². The quantitative estimate of drug-likeness (QED) is 0.668. The van der Waals surface area contributed by atoms with Gasteiger partial charge in [-0.2, -0.15) is 0 Å². The Labute approximate surface area is 84.1 Å². The number of nitrogens with zero attached hydrogens (tertiary/aromatic N) is 2. The number of hydrogen-bond acceptors (Lipinski definition) is 2. The minimum Gasteiger partial charge on any atom is -0.385 e. The van der Waals surface area contributed by atoms with E-state index in [0.717, 1.165) is 13.0 Å². The second-order valence-corrected chi connectivity index (χ2v) is 3.62. The minimum absolute atomic E-state index is 0.0658. The molecule has 0 atom stereocenters. The molecule has 4 nitrogen and oxygen atoms in total. The summed E-state index contributed by atoms with van der Waals surface area (Å²) in [5.74, 6) is 0. The zero-order valence-electron chi connectivity index (χ0n) is 9.06. The maximum atomic E-state index is 11.7. The molecule has 14 heavy (non-hydrogen) atoms. The van der Waals surface area contributed by atoms with Crippen molar-refractivity contribution in [2.24, 2.45) is 0 Å². The molecule has 0 aliphatic rings. The molecule has 0 amide bonds. The fourth-order valence-electron chi connectivity index (χ4n) is 1.37. The Bertz CT molecular complexity index is 325. The average molecular weight is 198 g/mol. The Hall–Kier alpha value is -1.03. The highest BCUT2D eigenvalue weighted by molar-refractivity contribution is 4.83. The van der Waals surface area contributed by atoms with Crippen LogP contribution in [0.2, 0.25) is 0 Å². The van der Waals surface area contributed by atoms with Crippen LogP contribution in [0.4, 0.5) is 0 Å². The highest BCUT2D eigenvalue weighted by Gasteiger charge is 2.04. The van der Waals surface area contributed by atoms with Gasteiger partial charge in [0.05, 0.1) is 0 Å². The van der Waals surface area contributed by atoms with Gasteiger partial charge in [-0.25, -0.2) is 4.79 Å². The Morgan fingerprint density at radius 3 is 2.64 bits per heavy atom. The molecule has 0 aliphatic heterocycles. The predicted octanol–water partition coefficient (Wildman–Crippen LogP) is 1.27. The molecule has 0 spiro atoms. The van der Waals surface area contributed by atoms with E-state index in [1.807, 2.05) is 26.2 Å². The minimum atomic E-state index is 0.0658. The monoisotopic (exact) mass is 198 g/mol. The van der Waals surface area contributed by atoms with Crippen molar-refractivity contribution in [2.75, 3.05) is 13.7 Å². The van der Waals surface area contributed by atoms with Gasteiger partial charge in [-0.1, -0.05) is 0 Å². The van der Waals surface area contributed by atoms with Crippen LogP contribution in [0.1, 0.15) is 26.3 Å². The van der Waals surface area contributed by atoms with Crippen LogP contribution in [0.15, 0.2) is 17.2 Å². The van der Waals surface area contributed by atoms with Gasteiger partial charge in [-0.15, -0.1) is 0 Å². The van der Waals surface area contributed by atoms with Crippen LogP contribution in [0.25, 0.3) is 0 Å². The molecule has 0 aliphatic carbocycles. The summed E-state index contributed by atoms with van der Waals surface area (Å²) in [5.41, 5.74) is 0.0658. The van der Waals surface area contributed by atoms with Crippen molar-refractivity contribution in [3.8, 4) is 0 Å². The lowest BCUT2D eigenvalue weighted by Gasteiger charge is -2.04. The zero-order valence-corrected chi connectivity index (χ0v) is 9.06. The van der Waals surface area contributed by atoms with Crippen molar-refractivity contribution >= 4 is 0 Å². The molecule has 0 radical (unpaired) electrons. The number of rotatable bonds is 5. The third kappa shape index (κ3) is 2.48. The van der Waals surface area contributed by atoms with Crippen LogP contribution in [-0.2, 0) is 11.3 Å². The molecule has 1 aromatic rings. The van der Waals surface area contributed by atoms with Gasteiger partial charge in [0.1, 0.15) is 0 Å². The van der Waals surface area contributed by atoms with Crippen molar-refractivity contribution in [1.29, 1.82) is 0 Å². The summed E-state index contributed by atoms with van der Waals surface area (Å²) in [6.45, 7) is 5.42. The van der Waals surface area contributed by atoms with Crippen LogP contribution in [0.5, 0.6) is 0 Å². The van der Waals surface area contributed by atoms with Gasteiger partial charge in [-0.05, 0) is 20.3 Å². The third-order valence-electron chi connectivity index (χ3n) is 2.18. The summed E-state index contributed by atoms with van der Waals surface area (Å²) in [7, 11) is 1.67. The summed E-state index contributed by atoms with van der Waals surface area (Å²) >= 11 is 0. The lowest BCUT2D eigenvalue weighted by atomic mass is 10.4. The van der Waals surface area contributed by atoms with Gasteiger partial charge >= 0.3 is 5.69 Å². The third-order valence-corrected chi connectivity index (χ3v) is 2.18. The van der Waals surface area contributed by atoms with Gasteiger partial charge < -0.3 is 4.74 Å². The molecule has 0 bridgehead atoms. The number of methoxy groups -OCH3 is 1. The van der Waals surface area contributed by atoms with E-state index in [4.69, 9.17) is 4.74 Å². The lowest BCUT2D eigenvalue weighted by Crippen LogP contribution is -2.25. The van der Waals surface area contributed by atoms with Gasteiger partial charge in [-0.3, -0.25) is 9.13 Å². The maximum Gasteiger partial charge on any atom is 0.328 e. The molecule has 1 heterocycles. The summed E-state index contributed by atoms with van der Waals surface area (Å²) in [4.78, 5) is 11.7. The highest BCUT2D eigenvalue weighted by atomic mass is 16.5. The second kappa shape index (κ2) is 5.00. The molecule has 1 rings (SSSR count). The Balaban J connectivity index is 2.65. The summed E-state index contributed by atoms with van der Waals surface area (Å²) < 4.78 is 8.39. The number of imidazole rings is 1. The normalized spacial score (nSPS) is 11.1. The molecule has 4 heteroatoms. The topological polar surface area (TPSA) is 36.2 Å². The first-order valence-electron chi connectivity index (χ1n) is 4.93. The van der Waals surface area contributed by atoms with E-state index < -0.39 is 0 Å². The van der Waals surface area contributed by atoms with E-state index in [1.165, 1.54) is 0 Å². The fraction of sp³-hybridized carbons (Fsp3) is 0.700. The van der Waals surface area contributed by atoms with E-state index >= 15 is 0 Å². The molecule has 0 N–H and O–H groups in total. The van der Waals surface area contributed by atoms with Gasteiger partial charge in [0.25, 0.3) is 0 Å². The predicted molar refractivity (Wildman–Crippen MR) is 55.6 cm³/mol. The Morgan fingerprint density at radius 2 is 2.14 bits per heavy atom. The van der Waals surface area contributed by atoms with Crippen LogP contribution < -0.4 is 5.69 Å². The molecule has 0 saturated heterocycles. The summed E-state index contributed by atoms with van der Waals surface area (Å²) in [5, 5.41) is 0. The van der Waals surface area contributed by atoms with Crippen molar-refractivity contribution < 1.29 is 4.74 Å². The van der Waals surface area contributed by atoms with Crippen molar-refractivity contribution in [2.45, 2.75) is 32.9 Å². The van der Waals surface area contributed by atoms with Crippen LogP contribution >= 0.6 is 0 Å². The Morgan fingerprint density at radius 1 is 1.43 bits per heavy atom. The first-order valence-corrected chi connectivity index (χ1v) is 4.93. The SMILES string of the molecule is COCCCn1ccn(C(C)C)c1=O. The van der Waals surface area contributed by atoms with Gasteiger partial charge in [0.2, 0.25) is 0 Å². The van der Waals surface area contributed by atoms with E-state index in [0.29, 0.717) is 6.61 Å². The van der Waals surface area contributed by atoms with Crippen LogP contribution in [0.3, 0.4) is 0 Å². The van der Waals surface area contributed by atoms with Crippen LogP contribution in [-0.4, -0.2) is 22.9 Å². The number of ether oxygens (including phenoxy) is 1. The summed E-state index contributed by atoms with van der Waals surface area (Å²) in [6.07, 6.45) is 4.54. The molecule has 80 valence electrons. The van der Waals surface area contributed by atoms with E-state index in [9.17, 15) is 4.79 Å². The standard InChI is InChI=1S/C10H18N2O2/c1-9(2)12-7-6-11(10(12)13)5-4-8-14-3/h6-7,9H,4-5,8H2,1-3H3. The number of aryl methyl sites for hydroxylation is 1.